The summed E-state index contributed by atoms with van der Waals surface area (Å²) >= 11 is 7.50. The maximum absolute atomic E-state index is 12.6. The maximum Gasteiger partial charge on any atom is 0.251 e. The van der Waals surface area contributed by atoms with Crippen molar-refractivity contribution in [3.8, 4) is 0 Å². The van der Waals surface area contributed by atoms with Gasteiger partial charge in [-0.2, -0.15) is 0 Å². The van der Waals surface area contributed by atoms with E-state index in [2.05, 4.69) is 13.8 Å². The molecule has 0 saturated carbocycles. The summed E-state index contributed by atoms with van der Waals surface area (Å²) in [6.07, 6.45) is 1.18. The molecule has 134 valence electrons. The second-order valence-corrected chi connectivity index (χ2v) is 8.55. The molecule has 0 radical (unpaired) electrons. The number of carbonyl (C=O) groups excluding carboxylic acids is 1. The fraction of sp³-hybridized carbons (Fsp3) is 0.474. The molecule has 4 nitrogen and oxygen atoms in total. The predicted molar refractivity (Wildman–Crippen MR) is 104 cm³/mol. The van der Waals surface area contributed by atoms with Crippen LogP contribution in [0.4, 0.5) is 0 Å². The molecule has 1 fully saturated rings. The summed E-state index contributed by atoms with van der Waals surface area (Å²) in [5, 5.41) is 1.54. The molecule has 1 saturated heterocycles. The van der Waals surface area contributed by atoms with Crippen molar-refractivity contribution in [3.63, 3.8) is 0 Å². The zero-order valence-corrected chi connectivity index (χ0v) is 16.4. The smallest absolute Gasteiger partial charge is 0.251 e. The van der Waals surface area contributed by atoms with E-state index < -0.39 is 0 Å². The number of nitrogens with zero attached hydrogens (tertiary/aromatic N) is 2. The maximum atomic E-state index is 12.6. The Bertz CT molecular complexity index is 854. The minimum absolute atomic E-state index is 0.0927. The molecule has 0 aliphatic carbocycles. The van der Waals surface area contributed by atoms with Crippen LogP contribution >= 0.6 is 23.4 Å². The molecule has 0 bridgehead atoms. The molecule has 1 aromatic carbocycles. The van der Waals surface area contributed by atoms with E-state index in [0.717, 1.165) is 28.9 Å². The van der Waals surface area contributed by atoms with Crippen molar-refractivity contribution in [2.75, 3.05) is 18.8 Å². The van der Waals surface area contributed by atoms with Gasteiger partial charge in [0.05, 0.1) is 11.3 Å². The molecule has 1 amide bonds. The van der Waals surface area contributed by atoms with Gasteiger partial charge in [0.15, 0.2) is 0 Å². The van der Waals surface area contributed by atoms with Crippen LogP contribution in [0.2, 0.25) is 5.02 Å². The lowest BCUT2D eigenvalue weighted by atomic mass is 9.92. The van der Waals surface area contributed by atoms with Gasteiger partial charge in [-0.05, 0) is 30.4 Å². The topological polar surface area (TPSA) is 42.3 Å². The molecule has 0 N–H and O–H groups in total. The summed E-state index contributed by atoms with van der Waals surface area (Å²) in [5.41, 5.74) is 0.695. The number of benzene rings is 1. The van der Waals surface area contributed by atoms with Gasteiger partial charge >= 0.3 is 0 Å². The number of likely N-dealkylation sites (tertiary alicyclic amines) is 1. The number of aromatic nitrogens is 1. The van der Waals surface area contributed by atoms with Gasteiger partial charge in [-0.3, -0.25) is 9.59 Å². The van der Waals surface area contributed by atoms with Gasteiger partial charge in [-0.15, -0.1) is 11.8 Å². The third kappa shape index (κ3) is 4.04. The Morgan fingerprint density at radius 2 is 1.92 bits per heavy atom. The van der Waals surface area contributed by atoms with Gasteiger partial charge in [-0.1, -0.05) is 31.5 Å². The molecule has 25 heavy (non-hydrogen) atoms. The van der Waals surface area contributed by atoms with Crippen LogP contribution in [0.15, 0.2) is 34.0 Å². The van der Waals surface area contributed by atoms with Crippen molar-refractivity contribution in [2.24, 2.45) is 18.9 Å². The van der Waals surface area contributed by atoms with E-state index in [-0.39, 0.29) is 11.5 Å². The lowest BCUT2D eigenvalue weighted by Gasteiger charge is -2.35. The van der Waals surface area contributed by atoms with Crippen molar-refractivity contribution in [1.29, 1.82) is 0 Å². The van der Waals surface area contributed by atoms with Crippen LogP contribution in [0.5, 0.6) is 0 Å². The molecule has 3 rings (SSSR count). The number of rotatable bonds is 3. The van der Waals surface area contributed by atoms with E-state index >= 15 is 0 Å². The van der Waals surface area contributed by atoms with E-state index in [1.54, 1.807) is 23.7 Å². The van der Waals surface area contributed by atoms with Crippen molar-refractivity contribution in [1.82, 2.24) is 9.47 Å². The number of hydrogen-bond donors (Lipinski definition) is 0. The van der Waals surface area contributed by atoms with Crippen molar-refractivity contribution < 1.29 is 4.79 Å². The van der Waals surface area contributed by atoms with E-state index in [1.165, 1.54) is 18.2 Å². The molecular formula is C19H23ClN2O2S. The van der Waals surface area contributed by atoms with Crippen LogP contribution in [-0.2, 0) is 11.8 Å². The second kappa shape index (κ2) is 7.42. The normalized spacial score (nSPS) is 20.9. The average molecular weight is 379 g/mol. The Hall–Kier alpha value is -1.46. The van der Waals surface area contributed by atoms with E-state index in [1.807, 2.05) is 17.0 Å². The first kappa shape index (κ1) is 18.3. The predicted octanol–water partition coefficient (Wildman–Crippen LogP) is 3.79. The zero-order chi connectivity index (χ0) is 18.1. The molecule has 0 spiro atoms. The highest BCUT2D eigenvalue weighted by atomic mass is 35.5. The number of carbonyl (C=O) groups is 1. The van der Waals surface area contributed by atoms with Gasteiger partial charge in [0.25, 0.3) is 5.56 Å². The van der Waals surface area contributed by atoms with Gasteiger partial charge in [-0.25, -0.2) is 0 Å². The number of pyridine rings is 1. The van der Waals surface area contributed by atoms with Gasteiger partial charge in [0.1, 0.15) is 0 Å². The molecule has 2 aromatic rings. The van der Waals surface area contributed by atoms with Gasteiger partial charge in [0, 0.05) is 41.5 Å². The third-order valence-electron chi connectivity index (χ3n) is 4.74. The van der Waals surface area contributed by atoms with E-state index in [9.17, 15) is 9.59 Å². The summed E-state index contributed by atoms with van der Waals surface area (Å²) in [4.78, 5) is 27.6. The zero-order valence-electron chi connectivity index (χ0n) is 14.8. The Morgan fingerprint density at radius 1 is 1.24 bits per heavy atom. The first-order chi connectivity index (χ1) is 11.8. The minimum atomic E-state index is -0.0927. The van der Waals surface area contributed by atoms with Crippen molar-refractivity contribution in [3.05, 3.63) is 39.6 Å². The molecule has 2 heterocycles. The average Bonchev–Trinajstić information content (AvgIpc) is 2.55. The molecule has 2 atom stereocenters. The fourth-order valence-electron chi connectivity index (χ4n) is 3.61. The Balaban J connectivity index is 1.80. The highest BCUT2D eigenvalue weighted by Gasteiger charge is 2.25. The molecule has 1 aliphatic rings. The van der Waals surface area contributed by atoms with Gasteiger partial charge < -0.3 is 9.47 Å². The summed E-state index contributed by atoms with van der Waals surface area (Å²) in [6.45, 7) is 6.05. The van der Waals surface area contributed by atoms with Gasteiger partial charge in [0.2, 0.25) is 5.91 Å². The van der Waals surface area contributed by atoms with Crippen LogP contribution in [0.3, 0.4) is 0 Å². The minimum Gasteiger partial charge on any atom is -0.341 e. The molecule has 1 aliphatic heterocycles. The SMILES string of the molecule is CC1CC(C)CN(C(=O)CSc2cc(=O)n(C)c3cc(Cl)ccc23)C1. The molecule has 6 heteroatoms. The van der Waals surface area contributed by atoms with Crippen molar-refractivity contribution in [2.45, 2.75) is 25.2 Å². The Morgan fingerprint density at radius 3 is 2.60 bits per heavy atom. The number of aryl methyl sites for hydroxylation is 1. The van der Waals surface area contributed by atoms with Crippen LogP contribution in [0, 0.1) is 11.8 Å². The van der Waals surface area contributed by atoms with E-state index in [0.29, 0.717) is 22.6 Å². The standard InChI is InChI=1S/C19H23ClN2O2S/c1-12-6-13(2)10-22(9-12)19(24)11-25-17-8-18(23)21(3)16-7-14(20)4-5-15(16)17/h4-5,7-8,12-13H,6,9-11H2,1-3H3. The lowest BCUT2D eigenvalue weighted by molar-refractivity contribution is -0.130. The van der Waals surface area contributed by atoms with Crippen LogP contribution in [0.25, 0.3) is 10.9 Å². The number of hydrogen-bond acceptors (Lipinski definition) is 3. The quantitative estimate of drug-likeness (QED) is 0.763. The number of amides is 1. The number of thioether (sulfide) groups is 1. The van der Waals surface area contributed by atoms with Crippen LogP contribution in [0.1, 0.15) is 20.3 Å². The Kier molecular flexibility index (Phi) is 5.44. The number of fused-ring (bicyclic) bond motifs is 1. The highest BCUT2D eigenvalue weighted by Crippen LogP contribution is 2.29. The fourth-order valence-corrected chi connectivity index (χ4v) is 4.75. The second-order valence-electron chi connectivity index (χ2n) is 7.10. The lowest BCUT2D eigenvalue weighted by Crippen LogP contribution is -2.43. The first-order valence-corrected chi connectivity index (χ1v) is 9.91. The largest absolute Gasteiger partial charge is 0.341 e. The summed E-state index contributed by atoms with van der Waals surface area (Å²) in [6, 6.07) is 7.12. The number of piperidine rings is 1. The molecule has 2 unspecified atom stereocenters. The third-order valence-corrected chi connectivity index (χ3v) is 6.02. The van der Waals surface area contributed by atoms with Crippen LogP contribution in [-0.4, -0.2) is 34.2 Å². The molecular weight excluding hydrogens is 356 g/mol. The summed E-state index contributed by atoms with van der Waals surface area (Å²) in [7, 11) is 1.73. The highest BCUT2D eigenvalue weighted by molar-refractivity contribution is 8.00. The summed E-state index contributed by atoms with van der Waals surface area (Å²) in [5.74, 6) is 1.59. The van der Waals surface area contributed by atoms with Crippen molar-refractivity contribution >= 4 is 40.2 Å². The summed E-state index contributed by atoms with van der Waals surface area (Å²) < 4.78 is 1.58. The molecule has 1 aromatic heterocycles. The first-order valence-electron chi connectivity index (χ1n) is 8.55. The Labute approximate surface area is 157 Å². The van der Waals surface area contributed by atoms with E-state index in [4.69, 9.17) is 11.6 Å². The van der Waals surface area contributed by atoms with Crippen LogP contribution < -0.4 is 5.56 Å². The number of halogens is 1. The monoisotopic (exact) mass is 378 g/mol.